The summed E-state index contributed by atoms with van der Waals surface area (Å²) in [4.78, 5) is 28.4. The lowest BCUT2D eigenvalue weighted by Gasteiger charge is -2.27. The number of furan rings is 1. The van der Waals surface area contributed by atoms with Crippen molar-refractivity contribution in [3.63, 3.8) is 0 Å². The van der Waals surface area contributed by atoms with Gasteiger partial charge in [0.25, 0.3) is 5.91 Å². The standard InChI is InChI=1S/C31H19ClFNO5/c32-20-12-13-25-19(14-20)16-26(39-25)29(35)27-28(34(31(37)30(27)36)22-8-5-7-21(33)17-22)18-6-4-11-24(15-18)38-23-9-2-1-3-10-23/h1-17,28,36H. The minimum atomic E-state index is -1.09. The summed E-state index contributed by atoms with van der Waals surface area (Å²) < 4.78 is 26.0. The largest absolute Gasteiger partial charge is 0.503 e. The number of Topliss-reactive ketones (excluding diaryl/α,β-unsaturated/α-hetero) is 1. The van der Waals surface area contributed by atoms with E-state index in [0.717, 1.165) is 0 Å². The molecular formula is C31H19ClFNO5. The first-order valence-corrected chi connectivity index (χ1v) is 12.4. The van der Waals surface area contributed by atoms with Crippen LogP contribution >= 0.6 is 11.6 Å². The zero-order chi connectivity index (χ0) is 27.1. The maximum Gasteiger partial charge on any atom is 0.294 e. The van der Waals surface area contributed by atoms with E-state index in [4.69, 9.17) is 20.8 Å². The van der Waals surface area contributed by atoms with Gasteiger partial charge in [0, 0.05) is 16.1 Å². The number of carbonyl (C=O) groups excluding carboxylic acids is 2. The highest BCUT2D eigenvalue weighted by Crippen LogP contribution is 2.43. The number of rotatable bonds is 6. The summed E-state index contributed by atoms with van der Waals surface area (Å²) in [6, 6.07) is 26.6. The van der Waals surface area contributed by atoms with Crippen molar-refractivity contribution in [2.24, 2.45) is 0 Å². The van der Waals surface area contributed by atoms with Gasteiger partial charge in [0.2, 0.25) is 5.78 Å². The van der Waals surface area contributed by atoms with E-state index in [-0.39, 0.29) is 17.0 Å². The summed E-state index contributed by atoms with van der Waals surface area (Å²) in [6.07, 6.45) is 0. The van der Waals surface area contributed by atoms with Crippen molar-refractivity contribution in [3.05, 3.63) is 137 Å². The first-order chi connectivity index (χ1) is 18.9. The number of nitrogens with zero attached hydrogens (tertiary/aromatic N) is 1. The summed E-state index contributed by atoms with van der Waals surface area (Å²) in [5.41, 5.74) is 0.855. The Hall–Kier alpha value is -4.88. The fraction of sp³-hybridized carbons (Fsp3) is 0.0323. The Morgan fingerprint density at radius 2 is 1.67 bits per heavy atom. The second kappa shape index (κ2) is 9.78. The Morgan fingerprint density at radius 3 is 2.46 bits per heavy atom. The van der Waals surface area contributed by atoms with Crippen LogP contribution in [0.4, 0.5) is 10.1 Å². The minimum Gasteiger partial charge on any atom is -0.503 e. The zero-order valence-corrected chi connectivity index (χ0v) is 20.9. The van der Waals surface area contributed by atoms with Crippen molar-refractivity contribution in [2.45, 2.75) is 6.04 Å². The smallest absolute Gasteiger partial charge is 0.294 e. The van der Waals surface area contributed by atoms with Crippen LogP contribution in [0.5, 0.6) is 11.5 Å². The molecule has 0 spiro atoms. The van der Waals surface area contributed by atoms with Crippen molar-refractivity contribution in [3.8, 4) is 11.5 Å². The van der Waals surface area contributed by atoms with Gasteiger partial charge in [-0.2, -0.15) is 0 Å². The average Bonchev–Trinajstić information content (AvgIpc) is 3.47. The molecule has 39 heavy (non-hydrogen) atoms. The molecule has 1 aliphatic rings. The lowest BCUT2D eigenvalue weighted by atomic mass is 9.94. The Balaban J connectivity index is 1.47. The Morgan fingerprint density at radius 1 is 0.897 bits per heavy atom. The summed E-state index contributed by atoms with van der Waals surface area (Å²) in [5, 5.41) is 12.1. The van der Waals surface area contributed by atoms with Gasteiger partial charge in [0.05, 0.1) is 11.6 Å². The molecule has 4 aromatic carbocycles. The minimum absolute atomic E-state index is 0.0793. The van der Waals surface area contributed by atoms with Gasteiger partial charge < -0.3 is 14.3 Å². The molecule has 6 nitrogen and oxygen atoms in total. The maximum absolute atomic E-state index is 14.2. The monoisotopic (exact) mass is 539 g/mol. The number of anilines is 1. The highest BCUT2D eigenvalue weighted by molar-refractivity contribution is 6.31. The van der Waals surface area contributed by atoms with E-state index < -0.39 is 29.3 Å². The second-order valence-electron chi connectivity index (χ2n) is 8.93. The molecule has 2 heterocycles. The van der Waals surface area contributed by atoms with Crippen molar-refractivity contribution in [1.29, 1.82) is 0 Å². The number of ketones is 1. The average molecular weight is 540 g/mol. The Labute approximate surface area is 227 Å². The molecule has 5 aromatic rings. The number of amides is 1. The summed E-state index contributed by atoms with van der Waals surface area (Å²) in [7, 11) is 0. The molecule has 6 rings (SSSR count). The number of hydrogen-bond donors (Lipinski definition) is 1. The number of aliphatic hydroxyl groups excluding tert-OH is 1. The molecule has 8 heteroatoms. The predicted molar refractivity (Wildman–Crippen MR) is 145 cm³/mol. The van der Waals surface area contributed by atoms with Crippen molar-refractivity contribution in [2.75, 3.05) is 4.90 Å². The van der Waals surface area contributed by atoms with Crippen LogP contribution in [-0.2, 0) is 4.79 Å². The van der Waals surface area contributed by atoms with E-state index in [1.807, 2.05) is 18.2 Å². The molecule has 192 valence electrons. The third-order valence-corrected chi connectivity index (χ3v) is 6.63. The van der Waals surface area contributed by atoms with Gasteiger partial charge in [-0.05, 0) is 72.3 Å². The van der Waals surface area contributed by atoms with Crippen LogP contribution in [0.3, 0.4) is 0 Å². The van der Waals surface area contributed by atoms with E-state index in [9.17, 15) is 19.1 Å². The van der Waals surface area contributed by atoms with Crippen LogP contribution < -0.4 is 9.64 Å². The van der Waals surface area contributed by atoms with Gasteiger partial charge in [-0.15, -0.1) is 0 Å². The third-order valence-electron chi connectivity index (χ3n) is 6.39. The van der Waals surface area contributed by atoms with Gasteiger partial charge in [0.15, 0.2) is 11.5 Å². The van der Waals surface area contributed by atoms with Crippen LogP contribution in [0.2, 0.25) is 5.02 Å². The fourth-order valence-corrected chi connectivity index (χ4v) is 4.86. The molecule has 1 aromatic heterocycles. The van der Waals surface area contributed by atoms with Gasteiger partial charge in [-0.1, -0.05) is 48.0 Å². The van der Waals surface area contributed by atoms with Crippen molar-refractivity contribution < 1.29 is 28.2 Å². The highest BCUT2D eigenvalue weighted by atomic mass is 35.5. The van der Waals surface area contributed by atoms with E-state index in [0.29, 0.717) is 33.1 Å². The van der Waals surface area contributed by atoms with Crippen LogP contribution in [0.15, 0.2) is 119 Å². The molecule has 1 unspecified atom stereocenters. The number of halogens is 2. The van der Waals surface area contributed by atoms with Crippen LogP contribution in [0, 0.1) is 5.82 Å². The predicted octanol–water partition coefficient (Wildman–Crippen LogP) is 7.80. The molecule has 1 aliphatic heterocycles. The molecule has 1 N–H and O–H groups in total. The van der Waals surface area contributed by atoms with Crippen LogP contribution in [0.1, 0.15) is 22.2 Å². The molecule has 1 atom stereocenters. The number of hydrogen-bond acceptors (Lipinski definition) is 5. The summed E-state index contributed by atoms with van der Waals surface area (Å²) in [6.45, 7) is 0. The Bertz CT molecular complexity index is 1780. The van der Waals surface area contributed by atoms with Gasteiger partial charge in [-0.25, -0.2) is 4.39 Å². The van der Waals surface area contributed by atoms with E-state index in [2.05, 4.69) is 0 Å². The van der Waals surface area contributed by atoms with Crippen LogP contribution in [0.25, 0.3) is 11.0 Å². The number of aliphatic hydroxyl groups is 1. The Kier molecular flexibility index (Phi) is 6.13. The van der Waals surface area contributed by atoms with E-state index in [1.54, 1.807) is 54.6 Å². The molecule has 0 saturated heterocycles. The maximum atomic E-state index is 14.2. The first kappa shape index (κ1) is 24.5. The molecule has 0 fully saturated rings. The van der Waals surface area contributed by atoms with E-state index in [1.165, 1.54) is 35.2 Å². The van der Waals surface area contributed by atoms with Crippen molar-refractivity contribution in [1.82, 2.24) is 0 Å². The lowest BCUT2D eigenvalue weighted by Crippen LogP contribution is -2.31. The third kappa shape index (κ3) is 4.53. The molecule has 1 amide bonds. The van der Waals surface area contributed by atoms with Gasteiger partial charge in [0.1, 0.15) is 22.9 Å². The summed E-state index contributed by atoms with van der Waals surface area (Å²) >= 11 is 6.08. The second-order valence-corrected chi connectivity index (χ2v) is 9.37. The number of benzene rings is 4. The number of carbonyl (C=O) groups is 2. The highest BCUT2D eigenvalue weighted by Gasteiger charge is 2.45. The topological polar surface area (TPSA) is 80.0 Å². The van der Waals surface area contributed by atoms with E-state index >= 15 is 0 Å². The molecule has 0 radical (unpaired) electrons. The number of ether oxygens (including phenoxy) is 1. The van der Waals surface area contributed by atoms with Gasteiger partial charge in [-0.3, -0.25) is 14.5 Å². The molecule has 0 aliphatic carbocycles. The quantitative estimate of drug-likeness (QED) is 0.223. The van der Waals surface area contributed by atoms with Crippen molar-refractivity contribution >= 4 is 39.9 Å². The lowest BCUT2D eigenvalue weighted by molar-refractivity contribution is -0.117. The zero-order valence-electron chi connectivity index (χ0n) is 20.2. The number of fused-ring (bicyclic) bond motifs is 1. The van der Waals surface area contributed by atoms with Crippen LogP contribution in [-0.4, -0.2) is 16.8 Å². The number of para-hydroxylation sites is 1. The summed E-state index contributed by atoms with van der Waals surface area (Å²) in [5.74, 6) is -1.90. The molecule has 0 bridgehead atoms. The normalized spacial score (nSPS) is 15.3. The first-order valence-electron chi connectivity index (χ1n) is 12.0. The fourth-order valence-electron chi connectivity index (χ4n) is 4.68. The SMILES string of the molecule is O=C(C1=C(O)C(=O)N(c2cccc(F)c2)C1c1cccc(Oc2ccccc2)c1)c1cc2cc(Cl)ccc2o1. The molecule has 0 saturated carbocycles. The van der Waals surface area contributed by atoms with Gasteiger partial charge >= 0.3 is 0 Å². The molecular weight excluding hydrogens is 521 g/mol.